The lowest BCUT2D eigenvalue weighted by molar-refractivity contribution is -0.166. The SMILES string of the molecule is CCC(C)(COC(C)(C)CO)OC1CCCCC1. The average molecular weight is 258 g/mol. The predicted octanol–water partition coefficient (Wildman–Crippen LogP) is 3.29. The van der Waals surface area contributed by atoms with Crippen molar-refractivity contribution in [3.63, 3.8) is 0 Å². The molecule has 1 rings (SSSR count). The van der Waals surface area contributed by atoms with Crippen molar-refractivity contribution in [3.05, 3.63) is 0 Å². The summed E-state index contributed by atoms with van der Waals surface area (Å²) in [7, 11) is 0. The van der Waals surface area contributed by atoms with Crippen molar-refractivity contribution < 1.29 is 14.6 Å². The van der Waals surface area contributed by atoms with Crippen LogP contribution in [-0.4, -0.2) is 35.6 Å². The van der Waals surface area contributed by atoms with Crippen molar-refractivity contribution in [1.82, 2.24) is 0 Å². The van der Waals surface area contributed by atoms with Crippen LogP contribution >= 0.6 is 0 Å². The molecule has 0 aromatic heterocycles. The third-order valence-electron chi connectivity index (χ3n) is 3.90. The van der Waals surface area contributed by atoms with Gasteiger partial charge < -0.3 is 14.6 Å². The maximum absolute atomic E-state index is 9.22. The Balaban J connectivity index is 2.45. The minimum atomic E-state index is -0.480. The highest BCUT2D eigenvalue weighted by Gasteiger charge is 2.31. The molecule has 1 unspecified atom stereocenters. The van der Waals surface area contributed by atoms with E-state index < -0.39 is 5.60 Å². The maximum Gasteiger partial charge on any atom is 0.0888 e. The summed E-state index contributed by atoms with van der Waals surface area (Å²) < 4.78 is 12.1. The monoisotopic (exact) mass is 258 g/mol. The molecule has 3 heteroatoms. The molecule has 0 radical (unpaired) electrons. The molecule has 1 N–H and O–H groups in total. The number of rotatable bonds is 7. The maximum atomic E-state index is 9.22. The summed E-state index contributed by atoms with van der Waals surface area (Å²) in [5.41, 5.74) is -0.708. The van der Waals surface area contributed by atoms with E-state index in [1.807, 2.05) is 13.8 Å². The lowest BCUT2D eigenvalue weighted by Crippen LogP contribution is -2.42. The van der Waals surface area contributed by atoms with Gasteiger partial charge in [0, 0.05) is 0 Å². The Hall–Kier alpha value is -0.120. The first-order chi connectivity index (χ1) is 8.41. The van der Waals surface area contributed by atoms with Gasteiger partial charge in [0.25, 0.3) is 0 Å². The second kappa shape index (κ2) is 6.88. The van der Waals surface area contributed by atoms with Crippen molar-refractivity contribution in [2.24, 2.45) is 0 Å². The second-order valence-corrected chi connectivity index (χ2v) is 6.39. The topological polar surface area (TPSA) is 38.7 Å². The van der Waals surface area contributed by atoms with Crippen LogP contribution in [0.1, 0.15) is 66.2 Å². The molecule has 0 aliphatic heterocycles. The lowest BCUT2D eigenvalue weighted by atomic mass is 9.96. The van der Waals surface area contributed by atoms with Gasteiger partial charge in [0.2, 0.25) is 0 Å². The molecular formula is C15H30O3. The zero-order valence-electron chi connectivity index (χ0n) is 12.5. The van der Waals surface area contributed by atoms with E-state index in [0.717, 1.165) is 6.42 Å². The van der Waals surface area contributed by atoms with Crippen LogP contribution < -0.4 is 0 Å². The van der Waals surface area contributed by atoms with Gasteiger partial charge in [0.15, 0.2) is 0 Å². The first-order valence-electron chi connectivity index (χ1n) is 7.33. The number of aliphatic hydroxyl groups excluding tert-OH is 1. The Labute approximate surface area is 112 Å². The normalized spacial score (nSPS) is 21.8. The highest BCUT2D eigenvalue weighted by Crippen LogP contribution is 2.28. The summed E-state index contributed by atoms with van der Waals surface area (Å²) in [6.07, 6.45) is 7.60. The minimum Gasteiger partial charge on any atom is -0.393 e. The zero-order chi connectivity index (χ0) is 13.6. The molecule has 1 aliphatic rings. The van der Waals surface area contributed by atoms with Crippen molar-refractivity contribution in [2.75, 3.05) is 13.2 Å². The Kier molecular flexibility index (Phi) is 6.09. The molecule has 1 fully saturated rings. The third-order valence-corrected chi connectivity index (χ3v) is 3.90. The quantitative estimate of drug-likeness (QED) is 0.761. The van der Waals surface area contributed by atoms with Crippen LogP contribution in [0.4, 0.5) is 0 Å². The third kappa shape index (κ3) is 5.25. The molecule has 1 atom stereocenters. The standard InChI is InChI=1S/C15H30O3/c1-5-15(4,12-17-14(2,3)11-16)18-13-9-7-6-8-10-13/h13,16H,5-12H2,1-4H3. The lowest BCUT2D eigenvalue weighted by Gasteiger charge is -2.37. The van der Waals surface area contributed by atoms with Crippen LogP contribution in [0, 0.1) is 0 Å². The molecule has 1 aliphatic carbocycles. The fraction of sp³-hybridized carbons (Fsp3) is 1.00. The summed E-state index contributed by atoms with van der Waals surface area (Å²) in [6, 6.07) is 0. The molecule has 0 aromatic carbocycles. The summed E-state index contributed by atoms with van der Waals surface area (Å²) >= 11 is 0. The molecule has 0 bridgehead atoms. The predicted molar refractivity (Wildman–Crippen MR) is 73.8 cm³/mol. The molecule has 3 nitrogen and oxygen atoms in total. The van der Waals surface area contributed by atoms with Gasteiger partial charge in [0.05, 0.1) is 30.5 Å². The van der Waals surface area contributed by atoms with E-state index in [2.05, 4.69) is 13.8 Å². The Bertz CT molecular complexity index is 234. The first-order valence-corrected chi connectivity index (χ1v) is 7.33. The highest BCUT2D eigenvalue weighted by atomic mass is 16.6. The van der Waals surface area contributed by atoms with E-state index in [4.69, 9.17) is 9.47 Å². The van der Waals surface area contributed by atoms with Crippen molar-refractivity contribution >= 4 is 0 Å². The van der Waals surface area contributed by atoms with Gasteiger partial charge in [-0.2, -0.15) is 0 Å². The molecule has 0 amide bonds. The summed E-state index contributed by atoms with van der Waals surface area (Å²) in [6.45, 7) is 8.66. The summed E-state index contributed by atoms with van der Waals surface area (Å²) in [5.74, 6) is 0. The number of aliphatic hydroxyl groups is 1. The van der Waals surface area contributed by atoms with Crippen molar-refractivity contribution in [1.29, 1.82) is 0 Å². The molecular weight excluding hydrogens is 228 g/mol. The fourth-order valence-electron chi connectivity index (χ4n) is 2.20. The molecule has 0 saturated heterocycles. The average Bonchev–Trinajstić information content (AvgIpc) is 2.38. The molecule has 1 saturated carbocycles. The van der Waals surface area contributed by atoms with Gasteiger partial charge in [0.1, 0.15) is 0 Å². The first kappa shape index (κ1) is 15.9. The molecule has 0 heterocycles. The van der Waals surface area contributed by atoms with Crippen molar-refractivity contribution in [3.8, 4) is 0 Å². The fourth-order valence-corrected chi connectivity index (χ4v) is 2.20. The van der Waals surface area contributed by atoms with E-state index in [1.54, 1.807) is 0 Å². The van der Waals surface area contributed by atoms with Gasteiger partial charge in [-0.05, 0) is 40.0 Å². The van der Waals surface area contributed by atoms with Crippen LogP contribution in [0.5, 0.6) is 0 Å². The summed E-state index contributed by atoms with van der Waals surface area (Å²) in [5, 5.41) is 9.22. The van der Waals surface area contributed by atoms with E-state index in [-0.39, 0.29) is 12.2 Å². The van der Waals surface area contributed by atoms with E-state index in [9.17, 15) is 5.11 Å². The minimum absolute atomic E-state index is 0.0379. The Morgan fingerprint density at radius 1 is 1.11 bits per heavy atom. The number of hydrogen-bond donors (Lipinski definition) is 1. The van der Waals surface area contributed by atoms with Gasteiger partial charge in [-0.1, -0.05) is 26.2 Å². The van der Waals surface area contributed by atoms with Crippen LogP contribution in [0.2, 0.25) is 0 Å². The molecule has 0 spiro atoms. The molecule has 108 valence electrons. The number of ether oxygens (including phenoxy) is 2. The van der Waals surface area contributed by atoms with Crippen LogP contribution in [0.15, 0.2) is 0 Å². The van der Waals surface area contributed by atoms with Gasteiger partial charge in [-0.25, -0.2) is 0 Å². The van der Waals surface area contributed by atoms with Crippen LogP contribution in [0.25, 0.3) is 0 Å². The van der Waals surface area contributed by atoms with Crippen molar-refractivity contribution in [2.45, 2.75) is 83.5 Å². The van der Waals surface area contributed by atoms with Gasteiger partial charge in [-0.15, -0.1) is 0 Å². The van der Waals surface area contributed by atoms with Crippen LogP contribution in [-0.2, 0) is 9.47 Å². The second-order valence-electron chi connectivity index (χ2n) is 6.39. The van der Waals surface area contributed by atoms with Crippen LogP contribution in [0.3, 0.4) is 0 Å². The van der Waals surface area contributed by atoms with Gasteiger partial charge in [-0.3, -0.25) is 0 Å². The number of hydrogen-bond acceptors (Lipinski definition) is 3. The smallest absolute Gasteiger partial charge is 0.0888 e. The largest absolute Gasteiger partial charge is 0.393 e. The van der Waals surface area contributed by atoms with Gasteiger partial charge >= 0.3 is 0 Å². The van der Waals surface area contributed by atoms with E-state index >= 15 is 0 Å². The molecule has 0 aromatic rings. The zero-order valence-corrected chi connectivity index (χ0v) is 12.5. The Morgan fingerprint density at radius 3 is 2.22 bits per heavy atom. The van der Waals surface area contributed by atoms with E-state index in [1.165, 1.54) is 32.1 Å². The van der Waals surface area contributed by atoms with E-state index in [0.29, 0.717) is 12.7 Å². The summed E-state index contributed by atoms with van der Waals surface area (Å²) in [4.78, 5) is 0. The molecule has 18 heavy (non-hydrogen) atoms. The Morgan fingerprint density at radius 2 is 1.72 bits per heavy atom. The highest BCUT2D eigenvalue weighted by molar-refractivity contribution is 4.79.